The van der Waals surface area contributed by atoms with Gasteiger partial charge in [-0.05, 0) is 62.2 Å². The summed E-state index contributed by atoms with van der Waals surface area (Å²) in [5.74, 6) is 0.206. The van der Waals surface area contributed by atoms with Crippen molar-refractivity contribution in [3.8, 4) is 0 Å². The lowest BCUT2D eigenvalue weighted by atomic mass is 10.1. The number of sulfonamides is 1. The fraction of sp³-hybridized carbons (Fsp3) is 0.176. The summed E-state index contributed by atoms with van der Waals surface area (Å²) in [4.78, 5) is 11.1. The Morgan fingerprint density at radius 1 is 1.19 bits per heavy atom. The highest BCUT2D eigenvalue weighted by Crippen LogP contribution is 2.30. The van der Waals surface area contributed by atoms with Crippen molar-refractivity contribution < 1.29 is 12.8 Å². The summed E-state index contributed by atoms with van der Waals surface area (Å²) in [5, 5.41) is 3.44. The van der Waals surface area contributed by atoms with E-state index in [9.17, 15) is 13.2 Å². The van der Waals surface area contributed by atoms with E-state index < -0.39 is 10.0 Å². The molecule has 0 amide bonds. The first-order chi connectivity index (χ1) is 12.2. The smallest absolute Gasteiger partial charge is 0.396 e. The van der Waals surface area contributed by atoms with Gasteiger partial charge in [-0.2, -0.15) is 8.42 Å². The van der Waals surface area contributed by atoms with E-state index >= 15 is 0 Å². The molecule has 1 heterocycles. The van der Waals surface area contributed by atoms with Gasteiger partial charge < -0.3 is 9.73 Å². The van der Waals surface area contributed by atoms with Gasteiger partial charge in [-0.1, -0.05) is 22.9 Å². The molecule has 0 bridgehead atoms. The number of hydrogen-bond acceptors (Lipinski definition) is 5. The Morgan fingerprint density at radius 2 is 1.85 bits per heavy atom. The van der Waals surface area contributed by atoms with Gasteiger partial charge >= 0.3 is 4.94 Å². The van der Waals surface area contributed by atoms with Gasteiger partial charge in [0.05, 0.1) is 9.60 Å². The maximum atomic E-state index is 12.4. The van der Waals surface area contributed by atoms with Crippen LogP contribution < -0.4 is 10.3 Å². The van der Waals surface area contributed by atoms with Crippen LogP contribution in [0.4, 0.5) is 5.69 Å². The van der Waals surface area contributed by atoms with E-state index in [4.69, 9.17) is 16.0 Å². The maximum Gasteiger partial charge on any atom is 0.396 e. The number of benzene rings is 2. The Labute approximate surface area is 159 Å². The molecule has 1 N–H and O–H groups in total. The molecule has 6 nitrogen and oxygen atoms in total. The summed E-state index contributed by atoms with van der Waals surface area (Å²) in [6.45, 7) is 5.26. The van der Waals surface area contributed by atoms with Gasteiger partial charge in [0.2, 0.25) is 0 Å². The molecular formula is C17H15ClN2O4S2. The predicted octanol–water partition coefficient (Wildman–Crippen LogP) is 4.34. The van der Waals surface area contributed by atoms with Crippen molar-refractivity contribution in [1.82, 2.24) is 0 Å². The summed E-state index contributed by atoms with van der Waals surface area (Å²) >= 11 is 6.78. The lowest BCUT2D eigenvalue weighted by Gasteiger charge is -2.11. The number of fused-ring (bicyclic) bond motifs is 1. The van der Waals surface area contributed by atoms with Crippen molar-refractivity contribution in [2.24, 2.45) is 4.40 Å². The number of anilines is 1. The Bertz CT molecular complexity index is 1180. The van der Waals surface area contributed by atoms with E-state index in [0.29, 0.717) is 21.0 Å². The van der Waals surface area contributed by atoms with Crippen LogP contribution in [0.25, 0.3) is 10.3 Å². The van der Waals surface area contributed by atoms with Gasteiger partial charge in [0.1, 0.15) is 5.84 Å². The molecule has 0 aliphatic carbocycles. The highest BCUT2D eigenvalue weighted by Gasteiger charge is 2.15. The minimum Gasteiger partial charge on any atom is -0.414 e. The standard InChI is InChI=1S/C17H15ClN2O4S2/c1-9-10(2)16-15(25-17(21)24-16)8-14(9)19-11(3)20-26(22,23)13-6-4-12(18)5-7-13/h4-8H,1-3H3,(H,19,20). The molecule has 0 saturated carbocycles. The average molecular weight is 411 g/mol. The van der Waals surface area contributed by atoms with Crippen LogP contribution in [0.3, 0.4) is 0 Å². The number of nitrogens with one attached hydrogen (secondary N) is 1. The van der Waals surface area contributed by atoms with Crippen LogP contribution in [-0.4, -0.2) is 14.3 Å². The molecule has 9 heteroatoms. The first kappa shape index (κ1) is 18.6. The van der Waals surface area contributed by atoms with Crippen LogP contribution in [0, 0.1) is 13.8 Å². The van der Waals surface area contributed by atoms with Crippen LogP contribution in [0.5, 0.6) is 0 Å². The highest BCUT2D eigenvalue weighted by atomic mass is 35.5. The third kappa shape index (κ3) is 3.67. The summed E-state index contributed by atoms with van der Waals surface area (Å²) in [5.41, 5.74) is 2.88. The molecule has 0 aliphatic rings. The Morgan fingerprint density at radius 3 is 2.50 bits per heavy atom. The first-order valence-electron chi connectivity index (χ1n) is 7.55. The van der Waals surface area contributed by atoms with Gasteiger partial charge in [-0.3, -0.25) is 0 Å². The quantitative estimate of drug-likeness (QED) is 0.512. The molecule has 3 rings (SSSR count). The van der Waals surface area contributed by atoms with Crippen molar-refractivity contribution in [3.63, 3.8) is 0 Å². The summed E-state index contributed by atoms with van der Waals surface area (Å²) < 4.78 is 34.5. The largest absolute Gasteiger partial charge is 0.414 e. The van der Waals surface area contributed by atoms with Crippen LogP contribution in [-0.2, 0) is 10.0 Å². The second-order valence-electron chi connectivity index (χ2n) is 5.69. The monoisotopic (exact) mass is 410 g/mol. The molecule has 1 aromatic heterocycles. The fourth-order valence-electron chi connectivity index (χ4n) is 2.45. The van der Waals surface area contributed by atoms with E-state index in [0.717, 1.165) is 22.5 Å². The normalized spacial score (nSPS) is 12.5. The zero-order valence-corrected chi connectivity index (χ0v) is 16.6. The van der Waals surface area contributed by atoms with E-state index in [1.807, 2.05) is 13.8 Å². The predicted molar refractivity (Wildman–Crippen MR) is 105 cm³/mol. The minimum atomic E-state index is -3.86. The molecule has 0 atom stereocenters. The molecule has 3 aromatic rings. The third-order valence-corrected chi connectivity index (χ3v) is 6.28. The Balaban J connectivity index is 1.96. The topological polar surface area (TPSA) is 88.7 Å². The number of nitrogens with zero attached hydrogens (tertiary/aromatic N) is 1. The molecule has 2 aromatic carbocycles. The number of aryl methyl sites for hydroxylation is 1. The molecule has 0 saturated heterocycles. The van der Waals surface area contributed by atoms with Gasteiger partial charge in [-0.25, -0.2) is 4.79 Å². The Hall–Kier alpha value is -2.16. The van der Waals surface area contributed by atoms with Crippen LogP contribution in [0.15, 0.2) is 48.8 Å². The first-order valence-corrected chi connectivity index (χ1v) is 10.2. The van der Waals surface area contributed by atoms with Crippen molar-refractivity contribution in [2.75, 3.05) is 5.32 Å². The van der Waals surface area contributed by atoms with Crippen LogP contribution in [0.2, 0.25) is 5.02 Å². The van der Waals surface area contributed by atoms with Gasteiger partial charge in [0.25, 0.3) is 10.0 Å². The van der Waals surface area contributed by atoms with Crippen LogP contribution in [0.1, 0.15) is 18.1 Å². The minimum absolute atomic E-state index is 0.0551. The SMILES string of the molecule is CC(=NS(=O)(=O)c1ccc(Cl)cc1)Nc1cc2sc(=O)oc2c(C)c1C. The van der Waals surface area contributed by atoms with Gasteiger partial charge in [0.15, 0.2) is 5.58 Å². The van der Waals surface area contributed by atoms with Gasteiger partial charge in [-0.15, -0.1) is 4.40 Å². The van der Waals surface area contributed by atoms with Crippen LogP contribution >= 0.6 is 22.9 Å². The second kappa shape index (κ2) is 6.86. The summed E-state index contributed by atoms with van der Waals surface area (Å²) in [6.07, 6.45) is 0. The van der Waals surface area contributed by atoms with Crippen molar-refractivity contribution in [1.29, 1.82) is 0 Å². The number of rotatable bonds is 3. The van der Waals surface area contributed by atoms with E-state index in [2.05, 4.69) is 9.71 Å². The third-order valence-electron chi connectivity index (χ3n) is 3.87. The molecule has 26 heavy (non-hydrogen) atoms. The highest BCUT2D eigenvalue weighted by molar-refractivity contribution is 7.90. The zero-order valence-electron chi connectivity index (χ0n) is 14.2. The molecule has 0 spiro atoms. The van der Waals surface area contributed by atoms with E-state index in [1.54, 1.807) is 13.0 Å². The molecule has 136 valence electrons. The van der Waals surface area contributed by atoms with Crippen molar-refractivity contribution >= 4 is 54.8 Å². The molecule has 0 fully saturated rings. The lowest BCUT2D eigenvalue weighted by Crippen LogP contribution is -2.12. The lowest BCUT2D eigenvalue weighted by molar-refractivity contribution is 0.583. The molecule has 0 unspecified atom stereocenters. The van der Waals surface area contributed by atoms with Gasteiger partial charge in [0, 0.05) is 10.7 Å². The fourth-order valence-corrected chi connectivity index (χ4v) is 4.33. The zero-order chi connectivity index (χ0) is 19.1. The Kier molecular flexibility index (Phi) is 4.92. The number of halogens is 1. The number of hydrogen-bond donors (Lipinski definition) is 1. The van der Waals surface area contributed by atoms with E-state index in [-0.39, 0.29) is 15.7 Å². The maximum absolute atomic E-state index is 12.4. The molecular weight excluding hydrogens is 396 g/mol. The van der Waals surface area contributed by atoms with Crippen molar-refractivity contribution in [2.45, 2.75) is 25.7 Å². The second-order valence-corrected chi connectivity index (χ2v) is 8.70. The number of amidine groups is 1. The van der Waals surface area contributed by atoms with E-state index in [1.165, 1.54) is 24.3 Å². The summed E-state index contributed by atoms with van der Waals surface area (Å²) in [7, 11) is -3.86. The molecule has 0 aliphatic heterocycles. The average Bonchev–Trinajstić information content (AvgIpc) is 2.93. The summed E-state index contributed by atoms with van der Waals surface area (Å²) in [6, 6.07) is 7.54. The molecule has 0 radical (unpaired) electrons. The van der Waals surface area contributed by atoms with Crippen molar-refractivity contribution in [3.05, 3.63) is 56.2 Å².